The number of carbonyl (C=O) groups excluding carboxylic acids is 1. The van der Waals surface area contributed by atoms with Crippen LogP contribution in [0.4, 0.5) is 0 Å². The molecule has 4 rings (SSSR count). The Bertz CT molecular complexity index is 819. The maximum Gasteiger partial charge on any atom is 0.337 e. The molecule has 13 atom stereocenters. The first kappa shape index (κ1) is 27.3. The molecule has 0 spiro atoms. The molecule has 0 aromatic rings. The lowest BCUT2D eigenvalue weighted by molar-refractivity contribution is -0.374. The van der Waals surface area contributed by atoms with Gasteiger partial charge in [-0.3, -0.25) is 0 Å². The summed E-state index contributed by atoms with van der Waals surface area (Å²) in [5.41, 5.74) is 0.323. The summed E-state index contributed by atoms with van der Waals surface area (Å²) in [6, 6.07) is 0. The fraction of sp³-hybridized carbons (Fsp3) is 0.773. The lowest BCUT2D eigenvalue weighted by atomic mass is 9.81. The van der Waals surface area contributed by atoms with Crippen molar-refractivity contribution in [3.8, 4) is 0 Å². The molecule has 36 heavy (non-hydrogen) atoms. The molecule has 14 heteroatoms. The zero-order valence-electron chi connectivity index (χ0n) is 19.2. The lowest BCUT2D eigenvalue weighted by Gasteiger charge is -2.47. The number of esters is 1. The number of carbonyl (C=O) groups is 1. The third-order valence-corrected chi connectivity index (χ3v) is 6.91. The van der Waals surface area contributed by atoms with E-state index in [1.807, 2.05) is 0 Å². The first-order valence-corrected chi connectivity index (χ1v) is 11.6. The second-order valence-electron chi connectivity index (χ2n) is 9.06. The molecule has 0 bridgehead atoms. The number of aliphatic hydroxyl groups excluding tert-OH is 7. The van der Waals surface area contributed by atoms with E-state index in [1.165, 1.54) is 12.3 Å². The molecule has 4 aliphatic heterocycles. The molecule has 3 fully saturated rings. The quantitative estimate of drug-likeness (QED) is 0.127. The van der Waals surface area contributed by atoms with Gasteiger partial charge in [0.05, 0.1) is 31.7 Å². The highest BCUT2D eigenvalue weighted by Crippen LogP contribution is 2.39. The molecular formula is C22H32O14. The third kappa shape index (κ3) is 5.04. The fourth-order valence-electron chi connectivity index (χ4n) is 4.82. The number of fused-ring (bicyclic) bond motifs is 1. The Kier molecular flexibility index (Phi) is 8.63. The highest BCUT2D eigenvalue weighted by atomic mass is 16.8. The summed E-state index contributed by atoms with van der Waals surface area (Å²) in [6.07, 6.45) is -13.7. The number of aliphatic hydroxyl groups is 7. The monoisotopic (exact) mass is 520 g/mol. The van der Waals surface area contributed by atoms with Gasteiger partial charge < -0.3 is 64.2 Å². The van der Waals surface area contributed by atoms with E-state index >= 15 is 0 Å². The Hall–Kier alpha value is -1.69. The van der Waals surface area contributed by atoms with Gasteiger partial charge in [0, 0.05) is 11.8 Å². The number of cyclic esters (lactones) is 1. The van der Waals surface area contributed by atoms with Crippen molar-refractivity contribution in [1.82, 2.24) is 0 Å². The van der Waals surface area contributed by atoms with E-state index < -0.39 is 92.8 Å². The molecule has 4 aliphatic rings. The highest BCUT2D eigenvalue weighted by Gasteiger charge is 2.52. The Morgan fingerprint density at radius 2 is 1.53 bits per heavy atom. The molecule has 0 amide bonds. The Morgan fingerprint density at radius 1 is 0.889 bits per heavy atom. The fourth-order valence-corrected chi connectivity index (χ4v) is 4.82. The van der Waals surface area contributed by atoms with Gasteiger partial charge in [-0.25, -0.2) is 4.79 Å². The van der Waals surface area contributed by atoms with Crippen LogP contribution in [0.5, 0.6) is 0 Å². The first-order chi connectivity index (χ1) is 17.2. The van der Waals surface area contributed by atoms with Crippen LogP contribution < -0.4 is 0 Å². The predicted molar refractivity (Wildman–Crippen MR) is 113 cm³/mol. The summed E-state index contributed by atoms with van der Waals surface area (Å²) in [4.78, 5) is 12.0. The van der Waals surface area contributed by atoms with Crippen LogP contribution in [0.3, 0.4) is 0 Å². The number of rotatable bonds is 7. The Morgan fingerprint density at radius 3 is 2.17 bits per heavy atom. The summed E-state index contributed by atoms with van der Waals surface area (Å²) in [5, 5.41) is 70.9. The second-order valence-corrected chi connectivity index (χ2v) is 9.06. The maximum atomic E-state index is 12.0. The smallest absolute Gasteiger partial charge is 0.337 e. The van der Waals surface area contributed by atoms with Crippen LogP contribution in [0.2, 0.25) is 0 Å². The van der Waals surface area contributed by atoms with Gasteiger partial charge >= 0.3 is 5.97 Å². The van der Waals surface area contributed by atoms with Crippen molar-refractivity contribution in [2.45, 2.75) is 74.1 Å². The lowest BCUT2D eigenvalue weighted by Crippen LogP contribution is -2.65. The van der Waals surface area contributed by atoms with E-state index in [-0.39, 0.29) is 12.5 Å². The largest absolute Gasteiger partial charge is 0.471 e. The summed E-state index contributed by atoms with van der Waals surface area (Å²) in [7, 11) is 0. The van der Waals surface area contributed by atoms with Crippen LogP contribution in [-0.4, -0.2) is 129 Å². The molecule has 0 saturated carbocycles. The zero-order valence-corrected chi connectivity index (χ0v) is 19.2. The van der Waals surface area contributed by atoms with Crippen LogP contribution in [0.1, 0.15) is 6.42 Å². The average Bonchev–Trinajstić information content (AvgIpc) is 2.88. The van der Waals surface area contributed by atoms with Crippen molar-refractivity contribution in [2.75, 3.05) is 19.8 Å². The first-order valence-electron chi connectivity index (χ1n) is 11.6. The van der Waals surface area contributed by atoms with Gasteiger partial charge in [-0.2, -0.15) is 0 Å². The summed E-state index contributed by atoms with van der Waals surface area (Å²) < 4.78 is 32.8. The van der Waals surface area contributed by atoms with Gasteiger partial charge in [0.25, 0.3) is 0 Å². The topological polar surface area (TPSA) is 214 Å². The van der Waals surface area contributed by atoms with E-state index in [9.17, 15) is 40.5 Å². The van der Waals surface area contributed by atoms with E-state index in [2.05, 4.69) is 6.58 Å². The van der Waals surface area contributed by atoms with Crippen LogP contribution >= 0.6 is 0 Å². The average molecular weight is 520 g/mol. The highest BCUT2D eigenvalue weighted by molar-refractivity contribution is 5.89. The van der Waals surface area contributed by atoms with Gasteiger partial charge in [-0.05, 0) is 6.42 Å². The van der Waals surface area contributed by atoms with Crippen LogP contribution in [0.15, 0.2) is 24.5 Å². The molecule has 0 aromatic carbocycles. The van der Waals surface area contributed by atoms with Gasteiger partial charge in [0.1, 0.15) is 48.8 Å². The van der Waals surface area contributed by atoms with Crippen molar-refractivity contribution >= 4 is 5.97 Å². The normalized spacial score (nSPS) is 47.2. The molecule has 204 valence electrons. The minimum Gasteiger partial charge on any atom is -0.471 e. The summed E-state index contributed by atoms with van der Waals surface area (Å²) in [6.45, 7) is 2.58. The third-order valence-electron chi connectivity index (χ3n) is 6.91. The molecule has 0 aromatic heterocycles. The molecule has 0 aliphatic carbocycles. The number of hydrogen-bond acceptors (Lipinski definition) is 14. The van der Waals surface area contributed by atoms with E-state index in [0.29, 0.717) is 12.0 Å². The summed E-state index contributed by atoms with van der Waals surface area (Å²) >= 11 is 0. The van der Waals surface area contributed by atoms with E-state index in [1.54, 1.807) is 0 Å². The van der Waals surface area contributed by atoms with E-state index in [4.69, 9.17) is 28.4 Å². The summed E-state index contributed by atoms with van der Waals surface area (Å²) in [5.74, 6) is -1.36. The molecule has 14 nitrogen and oxygen atoms in total. The Balaban J connectivity index is 1.51. The zero-order chi connectivity index (χ0) is 26.1. The van der Waals surface area contributed by atoms with Gasteiger partial charge in [0.2, 0.25) is 6.29 Å². The van der Waals surface area contributed by atoms with Crippen molar-refractivity contribution in [3.05, 3.63) is 24.5 Å². The molecule has 7 N–H and O–H groups in total. The van der Waals surface area contributed by atoms with Crippen molar-refractivity contribution in [2.24, 2.45) is 11.8 Å². The van der Waals surface area contributed by atoms with Gasteiger partial charge in [-0.1, -0.05) is 6.08 Å². The van der Waals surface area contributed by atoms with Crippen LogP contribution in [0.25, 0.3) is 0 Å². The van der Waals surface area contributed by atoms with Crippen molar-refractivity contribution in [3.63, 3.8) is 0 Å². The maximum absolute atomic E-state index is 12.0. The molecule has 0 unspecified atom stereocenters. The molecular weight excluding hydrogens is 488 g/mol. The molecule has 3 saturated heterocycles. The minimum absolute atomic E-state index is 0.203. The molecule has 0 radical (unpaired) electrons. The number of ether oxygens (including phenoxy) is 6. The van der Waals surface area contributed by atoms with Crippen LogP contribution in [-0.2, 0) is 33.2 Å². The minimum atomic E-state index is -1.79. The van der Waals surface area contributed by atoms with Gasteiger partial charge in [0.15, 0.2) is 12.6 Å². The van der Waals surface area contributed by atoms with Crippen molar-refractivity contribution < 1.29 is 69.0 Å². The predicted octanol–water partition coefficient (Wildman–Crippen LogP) is -3.77. The standard InChI is InChI=1S/C22H32O14/c1-2-8-9-3-4-31-19(30)10(9)7-32-20(8)36-22-17(29)18(14(26)12(6-24)34-22)35-21-16(28)15(27)13(25)11(5-23)33-21/h2,7-9,11-18,20-29H,1,3-6H2/t8-,9+,11-,12-,13-,14-,15+,16-,17-,18+,20+,21+,22+/m1/s1. The van der Waals surface area contributed by atoms with Crippen molar-refractivity contribution in [1.29, 1.82) is 0 Å². The number of hydrogen-bond donors (Lipinski definition) is 7. The second kappa shape index (κ2) is 11.4. The van der Waals surface area contributed by atoms with Crippen LogP contribution in [0, 0.1) is 11.8 Å². The Labute approximate surface area is 205 Å². The SMILES string of the molecule is C=C[C@H]1[C@H](O[C@@H]2O[C@H](CO)[C@@H](O)[C@H](O[C@@H]3O[C@H](CO)[C@@H](O)[C@H](O)[C@H]3O)[C@H]2O)OC=C2C(=O)OCC[C@H]21. The molecule has 4 heterocycles. The van der Waals surface area contributed by atoms with Gasteiger partial charge in [-0.15, -0.1) is 6.58 Å². The van der Waals surface area contributed by atoms with E-state index in [0.717, 1.165) is 0 Å².